The van der Waals surface area contributed by atoms with Gasteiger partial charge in [-0.1, -0.05) is 13.8 Å². The molecule has 2 nitrogen and oxygen atoms in total. The molecule has 0 amide bonds. The van der Waals surface area contributed by atoms with Crippen LogP contribution < -0.4 is 5.32 Å². The van der Waals surface area contributed by atoms with E-state index in [-0.39, 0.29) is 5.82 Å². The van der Waals surface area contributed by atoms with Crippen LogP contribution in [0.15, 0.2) is 18.5 Å². The van der Waals surface area contributed by atoms with Crippen LogP contribution >= 0.6 is 0 Å². The zero-order valence-corrected chi connectivity index (χ0v) is 9.46. The largest absolute Gasteiger partial charge is 0.316 e. The van der Waals surface area contributed by atoms with Crippen molar-refractivity contribution in [2.45, 2.75) is 26.7 Å². The fraction of sp³-hybridized carbons (Fsp3) is 0.583. The third kappa shape index (κ3) is 5.47. The van der Waals surface area contributed by atoms with Crippen molar-refractivity contribution < 1.29 is 4.39 Å². The summed E-state index contributed by atoms with van der Waals surface area (Å²) in [7, 11) is 0. The average molecular weight is 210 g/mol. The summed E-state index contributed by atoms with van der Waals surface area (Å²) in [5.41, 5.74) is 0.973. The number of halogens is 1. The lowest BCUT2D eigenvalue weighted by Gasteiger charge is -2.06. The highest BCUT2D eigenvalue weighted by atomic mass is 19.1. The van der Waals surface area contributed by atoms with Gasteiger partial charge in [0.15, 0.2) is 0 Å². The normalized spacial score (nSPS) is 10.9. The summed E-state index contributed by atoms with van der Waals surface area (Å²) >= 11 is 0. The Bertz CT molecular complexity index is 287. The molecule has 0 fully saturated rings. The van der Waals surface area contributed by atoms with E-state index < -0.39 is 0 Å². The van der Waals surface area contributed by atoms with E-state index in [4.69, 9.17) is 0 Å². The molecule has 0 saturated carbocycles. The zero-order chi connectivity index (χ0) is 11.1. The van der Waals surface area contributed by atoms with E-state index >= 15 is 0 Å². The molecule has 0 atom stereocenters. The van der Waals surface area contributed by atoms with E-state index in [0.29, 0.717) is 5.92 Å². The second kappa shape index (κ2) is 6.51. The molecule has 0 spiro atoms. The zero-order valence-electron chi connectivity index (χ0n) is 9.46. The first-order valence-corrected chi connectivity index (χ1v) is 5.48. The van der Waals surface area contributed by atoms with Crippen molar-refractivity contribution in [3.8, 4) is 0 Å². The van der Waals surface area contributed by atoms with Crippen LogP contribution in [0.1, 0.15) is 25.8 Å². The SMILES string of the molecule is CC(C)CNCCCc1cncc(F)c1. The van der Waals surface area contributed by atoms with Gasteiger partial charge < -0.3 is 5.32 Å². The van der Waals surface area contributed by atoms with Crippen molar-refractivity contribution >= 4 is 0 Å². The van der Waals surface area contributed by atoms with E-state index in [1.165, 1.54) is 6.20 Å². The van der Waals surface area contributed by atoms with Gasteiger partial charge in [-0.05, 0) is 43.5 Å². The highest BCUT2D eigenvalue weighted by molar-refractivity contribution is 5.10. The molecule has 1 aromatic heterocycles. The first-order chi connectivity index (χ1) is 7.18. The number of hydrogen-bond donors (Lipinski definition) is 1. The fourth-order valence-electron chi connectivity index (χ4n) is 1.40. The molecule has 0 bridgehead atoms. The third-order valence-electron chi connectivity index (χ3n) is 2.13. The molecular weight excluding hydrogens is 191 g/mol. The van der Waals surface area contributed by atoms with Crippen molar-refractivity contribution in [1.82, 2.24) is 10.3 Å². The van der Waals surface area contributed by atoms with E-state index in [1.807, 2.05) is 0 Å². The molecular formula is C12H19FN2. The van der Waals surface area contributed by atoms with Crippen LogP contribution in [0.25, 0.3) is 0 Å². The minimum atomic E-state index is -0.248. The molecule has 3 heteroatoms. The molecule has 0 saturated heterocycles. The number of aromatic nitrogens is 1. The Morgan fingerprint density at radius 1 is 1.40 bits per heavy atom. The molecule has 0 radical (unpaired) electrons. The molecule has 15 heavy (non-hydrogen) atoms. The van der Waals surface area contributed by atoms with Gasteiger partial charge in [0.25, 0.3) is 0 Å². The topological polar surface area (TPSA) is 24.9 Å². The van der Waals surface area contributed by atoms with E-state index in [0.717, 1.165) is 31.5 Å². The summed E-state index contributed by atoms with van der Waals surface area (Å²) in [6.45, 7) is 6.39. The molecule has 1 rings (SSSR count). The summed E-state index contributed by atoms with van der Waals surface area (Å²) in [6, 6.07) is 1.55. The Hall–Kier alpha value is -0.960. The molecule has 1 heterocycles. The van der Waals surface area contributed by atoms with Crippen LogP contribution in [0, 0.1) is 11.7 Å². The van der Waals surface area contributed by atoms with E-state index in [9.17, 15) is 4.39 Å². The van der Waals surface area contributed by atoms with Crippen LogP contribution in [-0.4, -0.2) is 18.1 Å². The van der Waals surface area contributed by atoms with Crippen molar-refractivity contribution in [2.75, 3.05) is 13.1 Å². The number of nitrogens with one attached hydrogen (secondary N) is 1. The predicted molar refractivity (Wildman–Crippen MR) is 60.2 cm³/mol. The Labute approximate surface area is 90.9 Å². The van der Waals surface area contributed by atoms with E-state index in [2.05, 4.69) is 24.1 Å². The van der Waals surface area contributed by atoms with Gasteiger partial charge in [0.05, 0.1) is 6.20 Å². The van der Waals surface area contributed by atoms with Crippen molar-refractivity contribution in [3.05, 3.63) is 29.8 Å². The smallest absolute Gasteiger partial charge is 0.141 e. The van der Waals surface area contributed by atoms with E-state index in [1.54, 1.807) is 12.3 Å². The van der Waals surface area contributed by atoms with Gasteiger partial charge in [0, 0.05) is 6.20 Å². The Morgan fingerprint density at radius 2 is 2.20 bits per heavy atom. The van der Waals surface area contributed by atoms with Gasteiger partial charge in [-0.15, -0.1) is 0 Å². The van der Waals surface area contributed by atoms with Crippen LogP contribution in [0.5, 0.6) is 0 Å². The average Bonchev–Trinajstić information content (AvgIpc) is 2.17. The highest BCUT2D eigenvalue weighted by Gasteiger charge is 1.97. The summed E-state index contributed by atoms with van der Waals surface area (Å²) in [6.07, 6.45) is 4.87. The van der Waals surface area contributed by atoms with Crippen LogP contribution in [0.4, 0.5) is 4.39 Å². The summed E-state index contributed by atoms with van der Waals surface area (Å²) in [4.78, 5) is 3.82. The van der Waals surface area contributed by atoms with Gasteiger partial charge in [-0.3, -0.25) is 4.98 Å². The number of aryl methyl sites for hydroxylation is 1. The monoisotopic (exact) mass is 210 g/mol. The summed E-state index contributed by atoms with van der Waals surface area (Å²) in [5.74, 6) is 0.434. The predicted octanol–water partition coefficient (Wildman–Crippen LogP) is 2.40. The second-order valence-corrected chi connectivity index (χ2v) is 4.21. The maximum absolute atomic E-state index is 12.8. The molecule has 84 valence electrons. The van der Waals surface area contributed by atoms with Gasteiger partial charge in [0.2, 0.25) is 0 Å². The molecule has 0 aliphatic heterocycles. The Morgan fingerprint density at radius 3 is 2.87 bits per heavy atom. The minimum Gasteiger partial charge on any atom is -0.316 e. The maximum Gasteiger partial charge on any atom is 0.141 e. The van der Waals surface area contributed by atoms with Crippen molar-refractivity contribution in [2.24, 2.45) is 5.92 Å². The Kier molecular flexibility index (Phi) is 5.26. The second-order valence-electron chi connectivity index (χ2n) is 4.21. The van der Waals surface area contributed by atoms with Crippen LogP contribution in [-0.2, 0) is 6.42 Å². The lowest BCUT2D eigenvalue weighted by Crippen LogP contribution is -2.21. The lowest BCUT2D eigenvalue weighted by atomic mass is 10.1. The highest BCUT2D eigenvalue weighted by Crippen LogP contribution is 2.03. The molecule has 0 aliphatic rings. The van der Waals surface area contributed by atoms with Crippen LogP contribution in [0.3, 0.4) is 0 Å². The number of rotatable bonds is 6. The first kappa shape index (κ1) is 12.1. The number of pyridine rings is 1. The fourth-order valence-corrected chi connectivity index (χ4v) is 1.40. The first-order valence-electron chi connectivity index (χ1n) is 5.48. The maximum atomic E-state index is 12.8. The minimum absolute atomic E-state index is 0.248. The van der Waals surface area contributed by atoms with Crippen LogP contribution in [0.2, 0.25) is 0 Å². The van der Waals surface area contributed by atoms with Gasteiger partial charge >= 0.3 is 0 Å². The van der Waals surface area contributed by atoms with Gasteiger partial charge in [-0.2, -0.15) is 0 Å². The van der Waals surface area contributed by atoms with Gasteiger partial charge in [0.1, 0.15) is 5.82 Å². The molecule has 0 aliphatic carbocycles. The summed E-state index contributed by atoms with van der Waals surface area (Å²) in [5, 5.41) is 3.36. The van der Waals surface area contributed by atoms with Crippen molar-refractivity contribution in [3.63, 3.8) is 0 Å². The van der Waals surface area contributed by atoms with Gasteiger partial charge in [-0.25, -0.2) is 4.39 Å². The molecule has 1 N–H and O–H groups in total. The quantitative estimate of drug-likeness (QED) is 0.729. The standard InChI is InChI=1S/C12H19FN2/c1-10(2)7-14-5-3-4-11-6-12(13)9-15-8-11/h6,8-10,14H,3-5,7H2,1-2H3. The van der Waals surface area contributed by atoms with Crippen molar-refractivity contribution in [1.29, 1.82) is 0 Å². The summed E-state index contributed by atoms with van der Waals surface area (Å²) < 4.78 is 12.8. The lowest BCUT2D eigenvalue weighted by molar-refractivity contribution is 0.542. The third-order valence-corrected chi connectivity index (χ3v) is 2.13. The molecule has 0 aromatic carbocycles. The molecule has 1 aromatic rings. The number of hydrogen-bond acceptors (Lipinski definition) is 2. The Balaban J connectivity index is 2.15. The number of nitrogens with zero attached hydrogens (tertiary/aromatic N) is 1. The molecule has 0 unspecified atom stereocenters.